The fourth-order valence-electron chi connectivity index (χ4n) is 3.27. The van der Waals surface area contributed by atoms with Crippen LogP contribution in [0.25, 0.3) is 0 Å². The Morgan fingerprint density at radius 1 is 1.27 bits per heavy atom. The molecule has 5 heteroatoms. The maximum Gasteiger partial charge on any atom is 0.355 e. The highest BCUT2D eigenvalue weighted by Gasteiger charge is 2.27. The largest absolute Gasteiger partial charge is 0.461 e. The zero-order valence-corrected chi connectivity index (χ0v) is 13.9. The number of aromatic nitrogens is 1. The van der Waals surface area contributed by atoms with Gasteiger partial charge < -0.3 is 15.0 Å². The third-order valence-corrected chi connectivity index (χ3v) is 4.57. The third-order valence-electron chi connectivity index (χ3n) is 4.57. The van der Waals surface area contributed by atoms with Crippen LogP contribution in [-0.2, 0) is 4.74 Å². The zero-order valence-electron chi connectivity index (χ0n) is 13.9. The van der Waals surface area contributed by atoms with Gasteiger partial charge in [0.2, 0.25) is 0 Å². The molecule has 1 saturated carbocycles. The molecule has 0 aliphatic heterocycles. The second kappa shape index (κ2) is 6.99. The first kappa shape index (κ1) is 16.6. The first-order valence-electron chi connectivity index (χ1n) is 8.12. The van der Waals surface area contributed by atoms with Crippen molar-refractivity contribution in [1.29, 1.82) is 0 Å². The number of H-pyrrole nitrogens is 1. The predicted octanol–water partition coefficient (Wildman–Crippen LogP) is 3.12. The van der Waals surface area contributed by atoms with Crippen LogP contribution in [0, 0.1) is 19.8 Å². The highest BCUT2D eigenvalue weighted by molar-refractivity contribution is 6.01. The van der Waals surface area contributed by atoms with Gasteiger partial charge >= 0.3 is 5.97 Å². The van der Waals surface area contributed by atoms with Crippen molar-refractivity contribution in [3.05, 3.63) is 22.5 Å². The minimum Gasteiger partial charge on any atom is -0.461 e. The molecule has 22 heavy (non-hydrogen) atoms. The van der Waals surface area contributed by atoms with Crippen molar-refractivity contribution in [2.45, 2.75) is 59.4 Å². The van der Waals surface area contributed by atoms with Gasteiger partial charge in [-0.2, -0.15) is 0 Å². The van der Waals surface area contributed by atoms with Crippen molar-refractivity contribution in [2.24, 2.45) is 5.92 Å². The number of rotatable bonds is 4. The molecule has 1 aromatic heterocycles. The summed E-state index contributed by atoms with van der Waals surface area (Å²) >= 11 is 0. The maximum absolute atomic E-state index is 12.6. The van der Waals surface area contributed by atoms with Crippen molar-refractivity contribution in [3.8, 4) is 0 Å². The molecule has 0 saturated heterocycles. The van der Waals surface area contributed by atoms with Crippen LogP contribution < -0.4 is 5.32 Å². The summed E-state index contributed by atoms with van der Waals surface area (Å²) in [4.78, 5) is 27.5. The van der Waals surface area contributed by atoms with Gasteiger partial charge in [0.1, 0.15) is 5.69 Å². The van der Waals surface area contributed by atoms with Crippen LogP contribution in [-0.4, -0.2) is 29.5 Å². The Labute approximate surface area is 131 Å². The number of carbonyl (C=O) groups is 2. The number of aryl methyl sites for hydroxylation is 1. The van der Waals surface area contributed by atoms with Gasteiger partial charge in [-0.05, 0) is 45.1 Å². The van der Waals surface area contributed by atoms with E-state index in [-0.39, 0.29) is 11.9 Å². The molecule has 122 valence electrons. The number of ether oxygens (including phenoxy) is 1. The summed E-state index contributed by atoms with van der Waals surface area (Å²) in [6.45, 7) is 7.87. The Kier molecular flexibility index (Phi) is 5.27. The fourth-order valence-corrected chi connectivity index (χ4v) is 3.27. The second-order valence-corrected chi connectivity index (χ2v) is 6.19. The number of carbonyl (C=O) groups excluding carboxylic acids is 2. The highest BCUT2D eigenvalue weighted by Crippen LogP contribution is 2.25. The Balaban J connectivity index is 2.17. The molecule has 0 spiro atoms. The molecular weight excluding hydrogens is 280 g/mol. The summed E-state index contributed by atoms with van der Waals surface area (Å²) in [6.07, 6.45) is 4.58. The summed E-state index contributed by atoms with van der Waals surface area (Å²) in [5.41, 5.74) is 2.32. The van der Waals surface area contributed by atoms with Gasteiger partial charge in [-0.25, -0.2) is 4.79 Å². The molecule has 0 bridgehead atoms. The summed E-state index contributed by atoms with van der Waals surface area (Å²) < 4.78 is 5.02. The number of amides is 1. The van der Waals surface area contributed by atoms with Gasteiger partial charge in [-0.15, -0.1) is 0 Å². The Bertz CT molecular complexity index is 562. The van der Waals surface area contributed by atoms with Crippen molar-refractivity contribution in [3.63, 3.8) is 0 Å². The molecule has 0 unspecified atom stereocenters. The number of nitrogens with one attached hydrogen (secondary N) is 2. The van der Waals surface area contributed by atoms with E-state index in [1.165, 1.54) is 6.42 Å². The number of hydrogen-bond acceptors (Lipinski definition) is 3. The first-order valence-corrected chi connectivity index (χ1v) is 8.12. The lowest BCUT2D eigenvalue weighted by Crippen LogP contribution is -2.41. The van der Waals surface area contributed by atoms with E-state index in [1.807, 2.05) is 6.92 Å². The average Bonchev–Trinajstić information content (AvgIpc) is 2.77. The van der Waals surface area contributed by atoms with Crippen LogP contribution in [0.1, 0.15) is 71.6 Å². The van der Waals surface area contributed by atoms with E-state index in [4.69, 9.17) is 4.74 Å². The smallest absolute Gasteiger partial charge is 0.355 e. The Morgan fingerprint density at radius 2 is 1.95 bits per heavy atom. The van der Waals surface area contributed by atoms with Crippen molar-refractivity contribution >= 4 is 11.9 Å². The normalized spacial score (nSPS) is 21.5. The molecule has 1 fully saturated rings. The van der Waals surface area contributed by atoms with Crippen LogP contribution in [0.4, 0.5) is 0 Å². The van der Waals surface area contributed by atoms with E-state index in [0.717, 1.165) is 19.3 Å². The van der Waals surface area contributed by atoms with E-state index in [9.17, 15) is 9.59 Å². The molecule has 2 rings (SSSR count). The van der Waals surface area contributed by atoms with Gasteiger partial charge in [0.25, 0.3) is 5.91 Å². The first-order chi connectivity index (χ1) is 10.5. The molecule has 2 atom stereocenters. The van der Waals surface area contributed by atoms with Crippen molar-refractivity contribution in [1.82, 2.24) is 10.3 Å². The van der Waals surface area contributed by atoms with Gasteiger partial charge in [-0.3, -0.25) is 4.79 Å². The van der Waals surface area contributed by atoms with Gasteiger partial charge in [-0.1, -0.05) is 19.8 Å². The van der Waals surface area contributed by atoms with Crippen LogP contribution in [0.5, 0.6) is 0 Å². The molecule has 1 aliphatic carbocycles. The topological polar surface area (TPSA) is 71.2 Å². The van der Waals surface area contributed by atoms with E-state index in [2.05, 4.69) is 17.2 Å². The number of hydrogen-bond donors (Lipinski definition) is 2. The number of esters is 1. The maximum atomic E-state index is 12.6. The van der Waals surface area contributed by atoms with Gasteiger partial charge in [0, 0.05) is 11.7 Å². The summed E-state index contributed by atoms with van der Waals surface area (Å²) in [5, 5.41) is 3.14. The molecular formula is C17H26N2O3. The molecule has 0 radical (unpaired) electrons. The summed E-state index contributed by atoms with van der Waals surface area (Å²) in [6, 6.07) is 0.223. The monoisotopic (exact) mass is 306 g/mol. The van der Waals surface area contributed by atoms with Crippen molar-refractivity contribution < 1.29 is 14.3 Å². The van der Waals surface area contributed by atoms with Gasteiger partial charge in [0.15, 0.2) is 0 Å². The molecule has 5 nitrogen and oxygen atoms in total. The molecule has 0 aromatic carbocycles. The van der Waals surface area contributed by atoms with E-state index >= 15 is 0 Å². The minimum absolute atomic E-state index is 0.0967. The lowest BCUT2D eigenvalue weighted by Gasteiger charge is -2.29. The van der Waals surface area contributed by atoms with Crippen LogP contribution in [0.2, 0.25) is 0 Å². The lowest BCUT2D eigenvalue weighted by molar-refractivity contribution is 0.0519. The predicted molar refractivity (Wildman–Crippen MR) is 85.1 cm³/mol. The average molecular weight is 306 g/mol. The third kappa shape index (κ3) is 3.34. The second-order valence-electron chi connectivity index (χ2n) is 6.19. The molecule has 1 amide bonds. The highest BCUT2D eigenvalue weighted by atomic mass is 16.5. The van der Waals surface area contributed by atoms with Gasteiger partial charge in [0.05, 0.1) is 12.2 Å². The standard InChI is InChI=1S/C17H26N2O3/c1-5-22-17(21)15-11(3)14(12(4)18-15)16(20)19-13-9-7-6-8-10(13)2/h10,13,18H,5-9H2,1-4H3,(H,19,20)/t10-,13+/m0/s1. The molecule has 2 N–H and O–H groups in total. The van der Waals surface area contributed by atoms with Crippen LogP contribution in [0.15, 0.2) is 0 Å². The van der Waals surface area contributed by atoms with Crippen LogP contribution in [0.3, 0.4) is 0 Å². The minimum atomic E-state index is -0.409. The quantitative estimate of drug-likeness (QED) is 0.840. The summed E-state index contributed by atoms with van der Waals surface area (Å²) in [7, 11) is 0. The van der Waals surface area contributed by atoms with Crippen molar-refractivity contribution in [2.75, 3.05) is 6.61 Å². The number of aromatic amines is 1. The molecule has 1 aromatic rings. The van der Waals surface area contributed by atoms with Crippen LogP contribution >= 0.6 is 0 Å². The lowest BCUT2D eigenvalue weighted by atomic mass is 9.86. The molecule has 1 aliphatic rings. The van der Waals surface area contributed by atoms with E-state index in [1.54, 1.807) is 13.8 Å². The Hall–Kier alpha value is -1.78. The Morgan fingerprint density at radius 3 is 2.59 bits per heavy atom. The fraction of sp³-hybridized carbons (Fsp3) is 0.647. The van der Waals surface area contributed by atoms with E-state index < -0.39 is 5.97 Å². The summed E-state index contributed by atoms with van der Waals surface area (Å²) in [5.74, 6) is -0.00415. The SMILES string of the molecule is CCOC(=O)c1[nH]c(C)c(C(=O)N[C@@H]2CCCC[C@@H]2C)c1C. The zero-order chi connectivity index (χ0) is 16.3. The van der Waals surface area contributed by atoms with E-state index in [0.29, 0.717) is 35.0 Å². The molecule has 1 heterocycles.